The number of hydrogen-bond acceptors (Lipinski definition) is 4. The number of amides is 2. The standard InChI is InChI=1S/C21H17Cl2NO3S/c1-3-7-24-20(25)18(28-21(24)26)11-15-9-16(22)19(17(23)10-15)27-12-14-6-4-5-13(2)8-14/h3-6,8-11H,1,7,12H2,2H3/b18-11+. The summed E-state index contributed by atoms with van der Waals surface area (Å²) < 4.78 is 5.79. The first kappa shape index (κ1) is 20.5. The lowest BCUT2D eigenvalue weighted by Crippen LogP contribution is -2.27. The highest BCUT2D eigenvalue weighted by atomic mass is 35.5. The van der Waals surface area contributed by atoms with Crippen LogP contribution in [0.25, 0.3) is 6.08 Å². The number of imide groups is 1. The van der Waals surface area contributed by atoms with Crippen molar-refractivity contribution in [3.05, 3.63) is 80.7 Å². The summed E-state index contributed by atoms with van der Waals surface area (Å²) in [5.74, 6) is 0.0173. The van der Waals surface area contributed by atoms with Crippen molar-refractivity contribution in [2.24, 2.45) is 0 Å². The van der Waals surface area contributed by atoms with Gasteiger partial charge in [-0.05, 0) is 48.0 Å². The lowest BCUT2D eigenvalue weighted by Gasteiger charge is -2.11. The third-order valence-electron chi connectivity index (χ3n) is 3.97. The van der Waals surface area contributed by atoms with E-state index in [1.807, 2.05) is 31.2 Å². The minimum Gasteiger partial charge on any atom is -0.486 e. The van der Waals surface area contributed by atoms with Gasteiger partial charge in [0.1, 0.15) is 6.61 Å². The van der Waals surface area contributed by atoms with Gasteiger partial charge in [-0.2, -0.15) is 0 Å². The number of nitrogens with zero attached hydrogens (tertiary/aromatic N) is 1. The van der Waals surface area contributed by atoms with E-state index in [-0.39, 0.29) is 17.7 Å². The molecule has 0 atom stereocenters. The molecule has 4 nitrogen and oxygen atoms in total. The number of aryl methyl sites for hydroxylation is 1. The van der Waals surface area contributed by atoms with Crippen LogP contribution in [0.4, 0.5) is 4.79 Å². The van der Waals surface area contributed by atoms with Crippen molar-refractivity contribution in [2.45, 2.75) is 13.5 Å². The third-order valence-corrected chi connectivity index (χ3v) is 5.44. The number of carbonyl (C=O) groups excluding carboxylic acids is 2. The van der Waals surface area contributed by atoms with Crippen molar-refractivity contribution in [1.29, 1.82) is 0 Å². The predicted molar refractivity (Wildman–Crippen MR) is 115 cm³/mol. The maximum Gasteiger partial charge on any atom is 0.293 e. The van der Waals surface area contributed by atoms with Crippen molar-refractivity contribution in [3.63, 3.8) is 0 Å². The van der Waals surface area contributed by atoms with E-state index in [0.29, 0.717) is 32.9 Å². The van der Waals surface area contributed by atoms with Crippen LogP contribution < -0.4 is 4.74 Å². The minimum atomic E-state index is -0.359. The lowest BCUT2D eigenvalue weighted by atomic mass is 10.1. The molecule has 1 saturated heterocycles. The number of benzene rings is 2. The van der Waals surface area contributed by atoms with Gasteiger partial charge in [0.05, 0.1) is 15.0 Å². The molecule has 0 spiro atoms. The molecule has 2 aromatic rings. The van der Waals surface area contributed by atoms with Crippen LogP contribution in [0.2, 0.25) is 10.0 Å². The van der Waals surface area contributed by atoms with Crippen LogP contribution >= 0.6 is 35.0 Å². The smallest absolute Gasteiger partial charge is 0.293 e. The van der Waals surface area contributed by atoms with Gasteiger partial charge >= 0.3 is 0 Å². The van der Waals surface area contributed by atoms with Crippen LogP contribution in [0.1, 0.15) is 16.7 Å². The van der Waals surface area contributed by atoms with E-state index in [2.05, 4.69) is 6.58 Å². The van der Waals surface area contributed by atoms with Crippen LogP contribution in [-0.2, 0) is 11.4 Å². The highest BCUT2D eigenvalue weighted by Gasteiger charge is 2.34. The predicted octanol–water partition coefficient (Wildman–Crippen LogP) is 6.10. The molecule has 0 aromatic heterocycles. The quantitative estimate of drug-likeness (QED) is 0.407. The molecular weight excluding hydrogens is 417 g/mol. The van der Waals surface area contributed by atoms with Crippen molar-refractivity contribution in [1.82, 2.24) is 4.90 Å². The zero-order chi connectivity index (χ0) is 20.3. The van der Waals surface area contributed by atoms with Gasteiger partial charge in [-0.15, -0.1) is 6.58 Å². The van der Waals surface area contributed by atoms with Crippen LogP contribution in [0.3, 0.4) is 0 Å². The van der Waals surface area contributed by atoms with E-state index in [9.17, 15) is 9.59 Å². The van der Waals surface area contributed by atoms with Crippen molar-refractivity contribution >= 4 is 52.2 Å². The summed E-state index contributed by atoms with van der Waals surface area (Å²) in [6.07, 6.45) is 3.10. The number of halogens is 2. The first-order chi connectivity index (χ1) is 13.4. The number of thioether (sulfide) groups is 1. The van der Waals surface area contributed by atoms with Gasteiger partial charge in [0, 0.05) is 6.54 Å². The Morgan fingerprint density at radius 1 is 1.18 bits per heavy atom. The minimum absolute atomic E-state index is 0.176. The van der Waals surface area contributed by atoms with Crippen LogP contribution in [0.15, 0.2) is 54.0 Å². The van der Waals surface area contributed by atoms with E-state index in [0.717, 1.165) is 27.8 Å². The zero-order valence-corrected chi connectivity index (χ0v) is 17.4. The summed E-state index contributed by atoms with van der Waals surface area (Å²) in [4.78, 5) is 25.7. The fourth-order valence-corrected chi connectivity index (χ4v) is 4.16. The fourth-order valence-electron chi connectivity index (χ4n) is 2.70. The Morgan fingerprint density at radius 2 is 1.89 bits per heavy atom. The summed E-state index contributed by atoms with van der Waals surface area (Å²) in [5.41, 5.74) is 2.76. The van der Waals surface area contributed by atoms with Crippen molar-refractivity contribution < 1.29 is 14.3 Å². The highest BCUT2D eigenvalue weighted by Crippen LogP contribution is 2.37. The maximum atomic E-state index is 12.3. The highest BCUT2D eigenvalue weighted by molar-refractivity contribution is 8.18. The van der Waals surface area contributed by atoms with E-state index < -0.39 is 0 Å². The van der Waals surface area contributed by atoms with Gasteiger partial charge < -0.3 is 4.74 Å². The van der Waals surface area contributed by atoms with Crippen molar-refractivity contribution in [3.8, 4) is 5.75 Å². The Balaban J connectivity index is 1.79. The van der Waals surface area contributed by atoms with Crippen molar-refractivity contribution in [2.75, 3.05) is 6.54 Å². The van der Waals surface area contributed by atoms with Gasteiger partial charge in [0.25, 0.3) is 11.1 Å². The SMILES string of the molecule is C=CCN1C(=O)S/C(=C/c2cc(Cl)c(OCc3cccc(C)c3)c(Cl)c2)C1=O. The zero-order valence-electron chi connectivity index (χ0n) is 15.1. The molecule has 2 amide bonds. The molecule has 0 N–H and O–H groups in total. The number of carbonyl (C=O) groups is 2. The molecule has 28 heavy (non-hydrogen) atoms. The molecule has 0 radical (unpaired) electrons. The summed E-state index contributed by atoms with van der Waals surface area (Å²) in [5, 5.41) is 0.333. The number of ether oxygens (including phenoxy) is 1. The second-order valence-electron chi connectivity index (χ2n) is 6.17. The number of rotatable bonds is 6. The first-order valence-corrected chi connectivity index (χ1v) is 10.00. The maximum absolute atomic E-state index is 12.3. The average molecular weight is 434 g/mol. The van der Waals surface area contributed by atoms with Gasteiger partial charge in [-0.1, -0.05) is 59.1 Å². The van der Waals surface area contributed by atoms with Crippen LogP contribution in [0.5, 0.6) is 5.75 Å². The van der Waals surface area contributed by atoms with E-state index in [1.165, 1.54) is 6.08 Å². The molecule has 7 heteroatoms. The fraction of sp³-hybridized carbons (Fsp3) is 0.143. The summed E-state index contributed by atoms with van der Waals surface area (Å²) in [6.45, 7) is 6.07. The largest absolute Gasteiger partial charge is 0.486 e. The molecule has 0 aliphatic carbocycles. The van der Waals surface area contributed by atoms with Gasteiger partial charge in [-0.25, -0.2) is 0 Å². The molecule has 0 bridgehead atoms. The topological polar surface area (TPSA) is 46.6 Å². The summed E-state index contributed by atoms with van der Waals surface area (Å²) in [7, 11) is 0. The first-order valence-electron chi connectivity index (χ1n) is 8.42. The van der Waals surface area contributed by atoms with Gasteiger partial charge in [0.15, 0.2) is 5.75 Å². The molecule has 1 fully saturated rings. The number of hydrogen-bond donors (Lipinski definition) is 0. The molecule has 0 unspecified atom stereocenters. The van der Waals surface area contributed by atoms with Crippen LogP contribution in [0, 0.1) is 6.92 Å². The van der Waals surface area contributed by atoms with Gasteiger partial charge in [0.2, 0.25) is 0 Å². The average Bonchev–Trinajstić information content (AvgIpc) is 2.89. The van der Waals surface area contributed by atoms with Gasteiger partial charge in [-0.3, -0.25) is 14.5 Å². The molecule has 144 valence electrons. The second kappa shape index (κ2) is 8.86. The molecule has 1 aliphatic rings. The van der Waals surface area contributed by atoms with E-state index in [4.69, 9.17) is 27.9 Å². The lowest BCUT2D eigenvalue weighted by molar-refractivity contribution is -0.122. The molecule has 0 saturated carbocycles. The molecule has 3 rings (SSSR count). The molecule has 1 aliphatic heterocycles. The Bertz CT molecular complexity index is 964. The Morgan fingerprint density at radius 3 is 2.54 bits per heavy atom. The molecular formula is C21H17Cl2NO3S. The Labute approximate surface area is 177 Å². The summed E-state index contributed by atoms with van der Waals surface area (Å²) in [6, 6.07) is 11.3. The van der Waals surface area contributed by atoms with E-state index in [1.54, 1.807) is 18.2 Å². The monoisotopic (exact) mass is 433 g/mol. The van der Waals surface area contributed by atoms with E-state index >= 15 is 0 Å². The third kappa shape index (κ3) is 4.61. The molecule has 1 heterocycles. The summed E-state index contributed by atoms with van der Waals surface area (Å²) >= 11 is 13.6. The second-order valence-corrected chi connectivity index (χ2v) is 7.98. The normalized spacial score (nSPS) is 15.4. The Hall–Kier alpha value is -2.21. The van der Waals surface area contributed by atoms with Crippen LogP contribution in [-0.4, -0.2) is 22.6 Å². The molecule has 2 aromatic carbocycles. The Kier molecular flexibility index (Phi) is 6.50.